The molecule has 2 aliphatic carbocycles. The lowest BCUT2D eigenvalue weighted by Gasteiger charge is -2.17. The van der Waals surface area contributed by atoms with Crippen LogP contribution in [0.3, 0.4) is 0 Å². The summed E-state index contributed by atoms with van der Waals surface area (Å²) in [5, 5.41) is 6.32. The third-order valence-corrected chi connectivity index (χ3v) is 11.1. The van der Waals surface area contributed by atoms with Crippen LogP contribution in [0.15, 0.2) is 156 Å². The fourth-order valence-electron chi connectivity index (χ4n) is 8.68. The number of fused-ring (bicyclic) bond motifs is 9. The van der Waals surface area contributed by atoms with Crippen LogP contribution in [0, 0.1) is 0 Å². The molecule has 242 valence electrons. The molecule has 0 saturated heterocycles. The second kappa shape index (κ2) is 11.1. The van der Waals surface area contributed by atoms with E-state index in [1.165, 1.54) is 88.2 Å². The molecule has 0 spiro atoms. The molecule has 9 aromatic rings. The number of allylic oxidation sites excluding steroid dienone is 5. The molecule has 0 saturated carbocycles. The SMILES string of the molecule is C1=CCCC(n2c3ccccc3c3cc(-c4ccc5c(c4)c4cc(-c6ccccc6)ccc4n5C4=Cc5c(oc6ccccc56)CC4)ccc32)=C1. The summed E-state index contributed by atoms with van der Waals surface area (Å²) in [4.78, 5) is 0. The Kier molecular flexibility index (Phi) is 6.20. The largest absolute Gasteiger partial charge is 0.460 e. The van der Waals surface area contributed by atoms with Crippen molar-refractivity contribution in [1.29, 1.82) is 0 Å². The van der Waals surface area contributed by atoms with Crippen molar-refractivity contribution in [2.24, 2.45) is 0 Å². The predicted octanol–water partition coefficient (Wildman–Crippen LogP) is 13.1. The molecule has 3 heterocycles. The Morgan fingerprint density at radius 2 is 1.04 bits per heavy atom. The topological polar surface area (TPSA) is 23.0 Å². The van der Waals surface area contributed by atoms with Crippen molar-refractivity contribution in [2.45, 2.75) is 25.7 Å². The van der Waals surface area contributed by atoms with Gasteiger partial charge in [-0.1, -0.05) is 97.1 Å². The molecule has 0 unspecified atom stereocenters. The minimum atomic E-state index is 0.887. The van der Waals surface area contributed by atoms with Gasteiger partial charge in [0.25, 0.3) is 0 Å². The molecular formula is C48H34N2O. The van der Waals surface area contributed by atoms with E-state index in [0.29, 0.717) is 0 Å². The van der Waals surface area contributed by atoms with E-state index in [1.54, 1.807) is 0 Å². The molecule has 3 aromatic heterocycles. The Bertz CT molecular complexity index is 2960. The second-order valence-electron chi connectivity index (χ2n) is 13.9. The Morgan fingerprint density at radius 3 is 1.75 bits per heavy atom. The number of rotatable bonds is 4. The Balaban J connectivity index is 1.12. The second-order valence-corrected chi connectivity index (χ2v) is 13.9. The van der Waals surface area contributed by atoms with E-state index in [1.807, 2.05) is 0 Å². The van der Waals surface area contributed by atoms with E-state index in [2.05, 4.69) is 167 Å². The van der Waals surface area contributed by atoms with Gasteiger partial charge in [-0.05, 0) is 102 Å². The lowest BCUT2D eigenvalue weighted by Crippen LogP contribution is -2.03. The van der Waals surface area contributed by atoms with Crippen molar-refractivity contribution in [3.05, 3.63) is 163 Å². The summed E-state index contributed by atoms with van der Waals surface area (Å²) in [6, 6.07) is 49.1. The normalized spacial score (nSPS) is 14.5. The van der Waals surface area contributed by atoms with Crippen LogP contribution in [0.5, 0.6) is 0 Å². The zero-order chi connectivity index (χ0) is 33.5. The van der Waals surface area contributed by atoms with Gasteiger partial charge < -0.3 is 13.6 Å². The first-order valence-electron chi connectivity index (χ1n) is 18.0. The molecule has 0 fully saturated rings. The Labute approximate surface area is 295 Å². The van der Waals surface area contributed by atoms with Crippen LogP contribution in [-0.2, 0) is 6.42 Å². The molecule has 3 heteroatoms. The van der Waals surface area contributed by atoms with Crippen LogP contribution in [0.4, 0.5) is 0 Å². The third kappa shape index (κ3) is 4.38. The lowest BCUT2D eigenvalue weighted by atomic mass is 9.99. The summed E-state index contributed by atoms with van der Waals surface area (Å²) in [5.74, 6) is 1.09. The molecule has 6 aromatic carbocycles. The quantitative estimate of drug-likeness (QED) is 0.185. The van der Waals surface area contributed by atoms with Crippen LogP contribution in [0.25, 0.3) is 94.3 Å². The molecule has 3 nitrogen and oxygen atoms in total. The average molecular weight is 655 g/mol. The highest BCUT2D eigenvalue weighted by Crippen LogP contribution is 2.42. The third-order valence-electron chi connectivity index (χ3n) is 11.1. The van der Waals surface area contributed by atoms with E-state index in [0.717, 1.165) is 37.0 Å². The monoisotopic (exact) mass is 654 g/mol. The van der Waals surface area contributed by atoms with Crippen molar-refractivity contribution in [2.75, 3.05) is 0 Å². The summed E-state index contributed by atoms with van der Waals surface area (Å²) in [6.07, 6.45) is 13.0. The molecular weight excluding hydrogens is 621 g/mol. The van der Waals surface area contributed by atoms with Gasteiger partial charge in [-0.3, -0.25) is 0 Å². The number of aryl methyl sites for hydroxylation is 1. The number of nitrogens with zero attached hydrogens (tertiary/aromatic N) is 2. The predicted molar refractivity (Wildman–Crippen MR) is 215 cm³/mol. The van der Waals surface area contributed by atoms with Crippen LogP contribution in [0.2, 0.25) is 0 Å². The van der Waals surface area contributed by atoms with Gasteiger partial charge >= 0.3 is 0 Å². The van der Waals surface area contributed by atoms with E-state index >= 15 is 0 Å². The highest BCUT2D eigenvalue weighted by Gasteiger charge is 2.23. The van der Waals surface area contributed by atoms with Crippen molar-refractivity contribution < 1.29 is 4.42 Å². The summed E-state index contributed by atoms with van der Waals surface area (Å²) < 4.78 is 11.3. The Hall–Kier alpha value is -6.32. The van der Waals surface area contributed by atoms with Gasteiger partial charge in [-0.2, -0.15) is 0 Å². The first kappa shape index (κ1) is 28.5. The Morgan fingerprint density at radius 1 is 0.451 bits per heavy atom. The van der Waals surface area contributed by atoms with Gasteiger partial charge in [0.15, 0.2) is 0 Å². The molecule has 11 rings (SSSR count). The zero-order valence-corrected chi connectivity index (χ0v) is 28.1. The molecule has 0 bridgehead atoms. The highest BCUT2D eigenvalue weighted by atomic mass is 16.3. The van der Waals surface area contributed by atoms with E-state index in [9.17, 15) is 0 Å². The number of aromatic nitrogens is 2. The van der Waals surface area contributed by atoms with Crippen LogP contribution in [-0.4, -0.2) is 9.13 Å². The molecule has 0 aliphatic heterocycles. The van der Waals surface area contributed by atoms with E-state index < -0.39 is 0 Å². The smallest absolute Gasteiger partial charge is 0.134 e. The summed E-state index contributed by atoms with van der Waals surface area (Å²) >= 11 is 0. The van der Waals surface area contributed by atoms with Crippen LogP contribution in [0.1, 0.15) is 30.6 Å². The maximum absolute atomic E-state index is 6.29. The first-order chi connectivity index (χ1) is 25.3. The maximum Gasteiger partial charge on any atom is 0.134 e. The van der Waals surface area contributed by atoms with Crippen LogP contribution < -0.4 is 0 Å². The highest BCUT2D eigenvalue weighted by molar-refractivity contribution is 6.14. The lowest BCUT2D eigenvalue weighted by molar-refractivity contribution is 0.546. The molecule has 0 atom stereocenters. The number of para-hydroxylation sites is 2. The molecule has 51 heavy (non-hydrogen) atoms. The van der Waals surface area contributed by atoms with Crippen molar-refractivity contribution in [3.8, 4) is 22.3 Å². The molecule has 0 radical (unpaired) electrons. The average Bonchev–Trinajstić information content (AvgIpc) is 3.85. The van der Waals surface area contributed by atoms with Crippen molar-refractivity contribution in [3.63, 3.8) is 0 Å². The van der Waals surface area contributed by atoms with Crippen LogP contribution >= 0.6 is 0 Å². The van der Waals surface area contributed by atoms with Gasteiger partial charge in [0.05, 0.1) is 22.1 Å². The standard InChI is InChI=1S/C48H34N2O/c1-3-11-31(12-4-1)32-19-23-45-40(27-32)41-29-34(21-25-46(41)50(45)36-22-26-48-42(30-36)38-16-8-10-18-47(38)51-48)33-20-24-44-39(28-33)37-15-7-9-17-43(37)49(44)35-13-5-2-6-14-35/h1-5,7-13,15-21,23-25,27-30H,6,14,22,26H2. The first-order valence-corrected chi connectivity index (χ1v) is 18.0. The maximum atomic E-state index is 6.29. The zero-order valence-electron chi connectivity index (χ0n) is 28.1. The van der Waals surface area contributed by atoms with Crippen molar-refractivity contribution >= 4 is 72.1 Å². The van der Waals surface area contributed by atoms with Gasteiger partial charge in [-0.15, -0.1) is 0 Å². The molecule has 0 N–H and O–H groups in total. The minimum absolute atomic E-state index is 0.887. The van der Waals surface area contributed by atoms with Gasteiger partial charge in [-0.25, -0.2) is 0 Å². The fourth-order valence-corrected chi connectivity index (χ4v) is 8.68. The number of hydrogen-bond donors (Lipinski definition) is 0. The summed E-state index contributed by atoms with van der Waals surface area (Å²) in [5.41, 5.74) is 14.8. The fraction of sp³-hybridized carbons (Fsp3) is 0.0833. The van der Waals surface area contributed by atoms with Gasteiger partial charge in [0.2, 0.25) is 0 Å². The van der Waals surface area contributed by atoms with Gasteiger partial charge in [0, 0.05) is 50.3 Å². The summed E-state index contributed by atoms with van der Waals surface area (Å²) in [7, 11) is 0. The number of benzene rings is 6. The van der Waals surface area contributed by atoms with Gasteiger partial charge in [0.1, 0.15) is 11.3 Å². The van der Waals surface area contributed by atoms with E-state index in [-0.39, 0.29) is 0 Å². The number of furan rings is 1. The molecule has 0 amide bonds. The minimum Gasteiger partial charge on any atom is -0.460 e. The summed E-state index contributed by atoms with van der Waals surface area (Å²) in [6.45, 7) is 0. The van der Waals surface area contributed by atoms with Crippen molar-refractivity contribution in [1.82, 2.24) is 9.13 Å². The van der Waals surface area contributed by atoms with E-state index in [4.69, 9.17) is 4.42 Å². The molecule has 2 aliphatic rings. The number of hydrogen-bond acceptors (Lipinski definition) is 1.